The van der Waals surface area contributed by atoms with Gasteiger partial charge in [-0.05, 0) is 17.7 Å². The molecule has 2 heterocycles. The minimum atomic E-state index is -1.73. The average Bonchev–Trinajstić information content (AvgIpc) is 3.15. The molecule has 2 N–H and O–H groups in total. The maximum Gasteiger partial charge on any atom is 0.335 e. The Morgan fingerprint density at radius 2 is 1.80 bits per heavy atom. The number of carboxylic acid groups (broad SMARTS) is 1. The molecule has 1 fully saturated rings. The summed E-state index contributed by atoms with van der Waals surface area (Å²) in [5, 5.41) is 19.1. The molecule has 0 bridgehead atoms. The first-order valence-electron chi connectivity index (χ1n) is 8.31. The zero-order valence-corrected chi connectivity index (χ0v) is 13.8. The number of aliphatic hydroxyl groups is 1. The van der Waals surface area contributed by atoms with Crippen LogP contribution in [-0.2, 0) is 9.59 Å². The van der Waals surface area contributed by atoms with Gasteiger partial charge in [0.15, 0.2) is 5.60 Å². The van der Waals surface area contributed by atoms with Crippen LogP contribution in [0.5, 0.6) is 0 Å². The summed E-state index contributed by atoms with van der Waals surface area (Å²) in [6.45, 7) is 0.475. The molecule has 3 rings (SSSR count). The SMILES string of the molecule is O=C(CC(c1ccccc1)c1ccco1)N1CCC(O)(C(=O)O)CC1. The summed E-state index contributed by atoms with van der Waals surface area (Å²) in [6.07, 6.45) is 1.92. The van der Waals surface area contributed by atoms with Gasteiger partial charge in [0.1, 0.15) is 5.76 Å². The van der Waals surface area contributed by atoms with Crippen molar-refractivity contribution in [3.05, 3.63) is 60.1 Å². The van der Waals surface area contributed by atoms with Crippen LogP contribution in [0.15, 0.2) is 53.1 Å². The van der Waals surface area contributed by atoms with E-state index in [-0.39, 0.29) is 44.2 Å². The van der Waals surface area contributed by atoms with Crippen molar-refractivity contribution >= 4 is 11.9 Å². The van der Waals surface area contributed by atoms with Crippen LogP contribution in [0.3, 0.4) is 0 Å². The van der Waals surface area contributed by atoms with E-state index in [0.29, 0.717) is 0 Å². The Morgan fingerprint density at radius 1 is 1.12 bits per heavy atom. The third-order valence-electron chi connectivity index (χ3n) is 4.81. The van der Waals surface area contributed by atoms with Gasteiger partial charge in [-0.15, -0.1) is 0 Å². The van der Waals surface area contributed by atoms with Gasteiger partial charge in [-0.3, -0.25) is 4.79 Å². The molecule has 0 aliphatic carbocycles. The van der Waals surface area contributed by atoms with Gasteiger partial charge in [-0.1, -0.05) is 30.3 Å². The number of aliphatic carboxylic acids is 1. The molecule has 1 aliphatic rings. The number of rotatable bonds is 5. The average molecular weight is 343 g/mol. The maximum atomic E-state index is 12.7. The molecule has 6 nitrogen and oxygen atoms in total. The number of carbonyl (C=O) groups is 2. The number of carboxylic acids is 1. The van der Waals surface area contributed by atoms with Gasteiger partial charge in [0.05, 0.1) is 12.2 Å². The van der Waals surface area contributed by atoms with Crippen molar-refractivity contribution in [3.63, 3.8) is 0 Å². The van der Waals surface area contributed by atoms with Crippen molar-refractivity contribution in [1.82, 2.24) is 4.90 Å². The van der Waals surface area contributed by atoms with Crippen LogP contribution in [0.2, 0.25) is 0 Å². The summed E-state index contributed by atoms with van der Waals surface area (Å²) >= 11 is 0. The lowest BCUT2D eigenvalue weighted by molar-refractivity contribution is -0.165. The van der Waals surface area contributed by atoms with E-state index in [4.69, 9.17) is 9.52 Å². The molecule has 132 valence electrons. The van der Waals surface area contributed by atoms with Gasteiger partial charge >= 0.3 is 5.97 Å². The van der Waals surface area contributed by atoms with Crippen molar-refractivity contribution < 1.29 is 24.2 Å². The molecule has 0 saturated carbocycles. The van der Waals surface area contributed by atoms with Crippen LogP contribution >= 0.6 is 0 Å². The van der Waals surface area contributed by atoms with Crippen molar-refractivity contribution in [2.24, 2.45) is 0 Å². The molecular weight excluding hydrogens is 322 g/mol. The summed E-state index contributed by atoms with van der Waals surface area (Å²) in [5.41, 5.74) is -0.735. The Morgan fingerprint density at radius 3 is 2.36 bits per heavy atom. The molecule has 1 saturated heterocycles. The topological polar surface area (TPSA) is 91.0 Å². The first-order valence-corrected chi connectivity index (χ1v) is 8.31. The number of amides is 1. The predicted octanol–water partition coefficient (Wildman–Crippen LogP) is 2.24. The van der Waals surface area contributed by atoms with E-state index in [1.165, 1.54) is 0 Å². The number of hydrogen-bond acceptors (Lipinski definition) is 4. The van der Waals surface area contributed by atoms with Crippen molar-refractivity contribution in [1.29, 1.82) is 0 Å². The fourth-order valence-corrected chi connectivity index (χ4v) is 3.20. The molecule has 25 heavy (non-hydrogen) atoms. The van der Waals surface area contributed by atoms with E-state index >= 15 is 0 Å². The second-order valence-corrected chi connectivity index (χ2v) is 6.40. The minimum Gasteiger partial charge on any atom is -0.479 e. The fourth-order valence-electron chi connectivity index (χ4n) is 3.20. The second-order valence-electron chi connectivity index (χ2n) is 6.40. The number of furan rings is 1. The third kappa shape index (κ3) is 3.74. The van der Waals surface area contributed by atoms with Crippen LogP contribution in [0, 0.1) is 0 Å². The zero-order chi connectivity index (χ0) is 17.9. The quantitative estimate of drug-likeness (QED) is 0.869. The highest BCUT2D eigenvalue weighted by Gasteiger charge is 2.40. The van der Waals surface area contributed by atoms with E-state index in [1.54, 1.807) is 17.2 Å². The maximum absolute atomic E-state index is 12.7. The number of nitrogens with zero attached hydrogens (tertiary/aromatic N) is 1. The number of carbonyl (C=O) groups excluding carboxylic acids is 1. The fraction of sp³-hybridized carbons (Fsp3) is 0.368. The smallest absolute Gasteiger partial charge is 0.335 e. The molecule has 0 spiro atoms. The van der Waals surface area contributed by atoms with Crippen LogP contribution in [-0.4, -0.2) is 45.7 Å². The summed E-state index contributed by atoms with van der Waals surface area (Å²) in [6, 6.07) is 13.3. The third-order valence-corrected chi connectivity index (χ3v) is 4.81. The first kappa shape index (κ1) is 17.2. The van der Waals surface area contributed by atoms with E-state index in [2.05, 4.69) is 0 Å². The van der Waals surface area contributed by atoms with Crippen LogP contribution in [0.4, 0.5) is 0 Å². The lowest BCUT2D eigenvalue weighted by Gasteiger charge is -2.35. The van der Waals surface area contributed by atoms with E-state index in [0.717, 1.165) is 11.3 Å². The summed E-state index contributed by atoms with van der Waals surface area (Å²) in [7, 11) is 0. The van der Waals surface area contributed by atoms with Gasteiger partial charge in [-0.25, -0.2) is 4.79 Å². The summed E-state index contributed by atoms with van der Waals surface area (Å²) in [4.78, 5) is 25.4. The molecular formula is C19H21NO5. The van der Waals surface area contributed by atoms with Crippen LogP contribution < -0.4 is 0 Å². The summed E-state index contributed by atoms with van der Waals surface area (Å²) in [5.74, 6) is -0.766. The molecule has 1 aromatic carbocycles. The first-order chi connectivity index (χ1) is 12.0. The normalized spacial score (nSPS) is 17.9. The number of hydrogen-bond donors (Lipinski definition) is 2. The highest BCUT2D eigenvalue weighted by Crippen LogP contribution is 2.30. The zero-order valence-electron chi connectivity index (χ0n) is 13.8. The van der Waals surface area contributed by atoms with Crippen LogP contribution in [0.25, 0.3) is 0 Å². The van der Waals surface area contributed by atoms with Crippen molar-refractivity contribution in [2.75, 3.05) is 13.1 Å². The van der Waals surface area contributed by atoms with Crippen molar-refractivity contribution in [2.45, 2.75) is 30.8 Å². The lowest BCUT2D eigenvalue weighted by atomic mass is 9.89. The molecule has 1 aliphatic heterocycles. The van der Waals surface area contributed by atoms with E-state index in [1.807, 2.05) is 36.4 Å². The van der Waals surface area contributed by atoms with Gasteiger partial charge in [0, 0.05) is 32.4 Å². The van der Waals surface area contributed by atoms with E-state index in [9.17, 15) is 14.7 Å². The van der Waals surface area contributed by atoms with Gasteiger partial charge in [0.25, 0.3) is 0 Å². The number of likely N-dealkylation sites (tertiary alicyclic amines) is 1. The highest BCUT2D eigenvalue weighted by atomic mass is 16.4. The van der Waals surface area contributed by atoms with Crippen molar-refractivity contribution in [3.8, 4) is 0 Å². The predicted molar refractivity (Wildman–Crippen MR) is 90.0 cm³/mol. The molecule has 2 aromatic rings. The van der Waals surface area contributed by atoms with Gasteiger partial charge < -0.3 is 19.5 Å². The Balaban J connectivity index is 1.71. The highest BCUT2D eigenvalue weighted by molar-refractivity contribution is 5.80. The Bertz CT molecular complexity index is 718. The molecule has 1 unspecified atom stereocenters. The largest absolute Gasteiger partial charge is 0.479 e. The lowest BCUT2D eigenvalue weighted by Crippen LogP contribution is -2.51. The molecule has 1 atom stereocenters. The van der Waals surface area contributed by atoms with E-state index < -0.39 is 11.6 Å². The Kier molecular flexibility index (Phi) is 4.90. The van der Waals surface area contributed by atoms with Gasteiger partial charge in [0.2, 0.25) is 5.91 Å². The van der Waals surface area contributed by atoms with Gasteiger partial charge in [-0.2, -0.15) is 0 Å². The molecule has 1 aromatic heterocycles. The molecule has 6 heteroatoms. The molecule has 1 amide bonds. The minimum absolute atomic E-state index is 0.0465. The standard InChI is InChI=1S/C19H21NO5/c21-17(20-10-8-19(24,9-11-20)18(22)23)13-15(16-7-4-12-25-16)14-5-2-1-3-6-14/h1-7,12,15,24H,8-11,13H2,(H,22,23). The second kappa shape index (κ2) is 7.11. The molecule has 0 radical (unpaired) electrons. The Labute approximate surface area is 145 Å². The Hall–Kier alpha value is -2.60. The summed E-state index contributed by atoms with van der Waals surface area (Å²) < 4.78 is 5.51. The number of benzene rings is 1. The monoisotopic (exact) mass is 343 g/mol. The number of piperidine rings is 1. The van der Waals surface area contributed by atoms with Crippen LogP contribution in [0.1, 0.15) is 36.5 Å².